The third-order valence-corrected chi connectivity index (χ3v) is 13.3. The predicted octanol–water partition coefficient (Wildman–Crippen LogP) is 6.42. The second kappa shape index (κ2) is 55.5. The highest BCUT2D eigenvalue weighted by Gasteiger charge is 2.23. The first-order valence-electron chi connectivity index (χ1n) is 30.3. The summed E-state index contributed by atoms with van der Waals surface area (Å²) in [6, 6.07) is 3.27. The van der Waals surface area contributed by atoms with Crippen molar-refractivity contribution in [2.75, 3.05) is 53.0 Å². The molecule has 590 valence electrons. The number of esters is 4. The second-order valence-electron chi connectivity index (χ2n) is 18.2. The molecule has 0 bridgehead atoms. The highest BCUT2D eigenvalue weighted by Crippen LogP contribution is 2.21. The number of unbranched alkanes of at least 4 members (excludes halogenated alkanes) is 1. The average molecular weight is 1650 g/mol. The summed E-state index contributed by atoms with van der Waals surface area (Å²) in [4.78, 5) is 128. The first kappa shape index (κ1) is 93.4. The summed E-state index contributed by atoms with van der Waals surface area (Å²) in [5, 5.41) is 47.5. The molecule has 109 heavy (non-hydrogen) atoms. The van der Waals surface area contributed by atoms with E-state index in [1.807, 2.05) is 41.5 Å². The summed E-state index contributed by atoms with van der Waals surface area (Å²) in [7, 11) is 5.52. The van der Waals surface area contributed by atoms with Gasteiger partial charge in [0, 0.05) is 86.2 Å². The Hall–Kier alpha value is -9.84. The van der Waals surface area contributed by atoms with Crippen LogP contribution in [-0.2, 0) is 101 Å². The summed E-state index contributed by atoms with van der Waals surface area (Å²) in [6.07, 6.45) is 12.6. The molecule has 0 spiro atoms. The van der Waals surface area contributed by atoms with E-state index in [0.29, 0.717) is 47.1 Å². The molecule has 0 saturated carbocycles. The number of ether oxygens (including phenoxy) is 4. The molecule has 54 heteroatoms. The number of H-pyrrole nitrogens is 2. The molecule has 0 fully saturated rings. The number of nitriles is 2. The van der Waals surface area contributed by atoms with Crippen LogP contribution < -0.4 is 33.9 Å². The molecule has 0 aliphatic rings. The lowest BCUT2D eigenvalue weighted by atomic mass is 10.3. The van der Waals surface area contributed by atoms with Crippen LogP contribution in [0.1, 0.15) is 137 Å². The fraction of sp³-hybridized carbons (Fsp3) is 0.382. The molecule has 48 nitrogen and oxygen atoms in total. The smallest absolute Gasteiger partial charge is 0.362 e. The summed E-state index contributed by atoms with van der Waals surface area (Å²) in [6.45, 7) is 12.3. The van der Waals surface area contributed by atoms with E-state index in [-0.39, 0.29) is 78.4 Å². The zero-order valence-corrected chi connectivity index (χ0v) is 63.3. The molecule has 0 aliphatic carbocycles. The van der Waals surface area contributed by atoms with E-state index < -0.39 is 35.0 Å². The van der Waals surface area contributed by atoms with Crippen LogP contribution in [0.15, 0.2) is 64.9 Å². The zero-order chi connectivity index (χ0) is 80.1. The number of hydroxylamine groups is 2. The molecule has 8 N–H and O–H groups in total. The summed E-state index contributed by atoms with van der Waals surface area (Å²) in [5.41, 5.74) is 7.71. The number of halogens is 2. The van der Waals surface area contributed by atoms with Crippen LogP contribution >= 0.6 is 71.4 Å². The molecule has 10 aromatic rings. The van der Waals surface area contributed by atoms with Crippen molar-refractivity contribution < 1.29 is 114 Å². The van der Waals surface area contributed by atoms with Gasteiger partial charge in [0.15, 0.2) is 22.1 Å². The lowest BCUT2D eigenvalue weighted by Crippen LogP contribution is -2.13. The Balaban J connectivity index is 0.000000330. The number of hydrogen-bond acceptors (Lipinski definition) is 50. The Bertz CT molecular complexity index is 4560. The number of aryl methyl sites for hydroxylation is 2. The number of methoxy groups -OCH3 is 2. The van der Waals surface area contributed by atoms with Crippen LogP contribution in [0.4, 0.5) is 0 Å². The molecule has 10 aromatic heterocycles. The minimum Gasteiger partial charge on any atom is -0.464 e. The molecule has 0 saturated heterocycles. The molecule has 0 amide bonds. The second-order valence-corrected chi connectivity index (χ2v) is 22.2. The van der Waals surface area contributed by atoms with Crippen molar-refractivity contribution in [2.45, 2.75) is 85.2 Å². The number of aromatic amines is 2. The number of nitrogens with zero attached hydrogens (tertiary/aromatic N) is 16. The number of carbonyl (C=O) groups is 4. The Morgan fingerprint density at radius 3 is 1.29 bits per heavy atom. The van der Waals surface area contributed by atoms with Gasteiger partial charge in [0.05, 0.1) is 86.5 Å². The Kier molecular flexibility index (Phi) is 47.6. The number of carbonyl (C=O) groups excluding carboxylic acids is 4. The van der Waals surface area contributed by atoms with Gasteiger partial charge in [-0.3, -0.25) is 9.59 Å². The van der Waals surface area contributed by atoms with E-state index in [1.165, 1.54) is 53.1 Å². The van der Waals surface area contributed by atoms with Crippen LogP contribution in [0, 0.1) is 22.7 Å². The van der Waals surface area contributed by atoms with E-state index in [0.717, 1.165) is 103 Å². The highest BCUT2D eigenvalue weighted by atomic mass is 35.5. The molecule has 10 rings (SSSR count). The molecular formula is C55H66Cl2N22O26S4. The van der Waals surface area contributed by atoms with Crippen molar-refractivity contribution in [3.05, 3.63) is 125 Å². The third-order valence-electron chi connectivity index (χ3n) is 11.0. The van der Waals surface area contributed by atoms with E-state index >= 15 is 0 Å². The molecule has 0 radical (unpaired) electrons. The molecular weight excluding hydrogens is 1580 g/mol. The van der Waals surface area contributed by atoms with Crippen molar-refractivity contribution in [2.24, 2.45) is 11.8 Å². The highest BCUT2D eigenvalue weighted by molar-refractivity contribution is 7.94. The normalized spacial score (nSPS) is 10.3. The van der Waals surface area contributed by atoms with Gasteiger partial charge in [-0.15, -0.1) is 37.3 Å². The van der Waals surface area contributed by atoms with Gasteiger partial charge in [-0.1, -0.05) is 91.8 Å². The zero-order valence-electron chi connectivity index (χ0n) is 58.6. The molecule has 0 unspecified atom stereocenters. The predicted molar refractivity (Wildman–Crippen MR) is 373 cm³/mol. The maximum absolute atomic E-state index is 11.8. The topological polar surface area (TPSA) is 638 Å². The van der Waals surface area contributed by atoms with Gasteiger partial charge in [-0.05, 0) is 45.8 Å². The molecule has 0 atom stereocenters. The quantitative estimate of drug-likeness (QED) is 0.00681. The lowest BCUT2D eigenvalue weighted by Gasteiger charge is -2.00. The Labute approximate surface area is 639 Å². The number of fused-ring (bicyclic) bond motifs is 4. The largest absolute Gasteiger partial charge is 0.464 e. The van der Waals surface area contributed by atoms with Crippen molar-refractivity contribution >= 4 is 140 Å². The summed E-state index contributed by atoms with van der Waals surface area (Å²) < 4.78 is 56.1. The molecule has 10 heterocycles. The van der Waals surface area contributed by atoms with Gasteiger partial charge >= 0.3 is 23.9 Å². The van der Waals surface area contributed by atoms with Gasteiger partial charge < -0.3 is 47.0 Å². The van der Waals surface area contributed by atoms with E-state index in [2.05, 4.69) is 170 Å². The maximum Gasteiger partial charge on any atom is 0.362 e. The Morgan fingerprint density at radius 1 is 0.495 bits per heavy atom. The SMILES string of the molecule is CCCCOC(=O)c1noc2ncc(CC)nc12.CCCOC(=O)c1noc2ncc(Cl)nc12.CCSOOON.CCSOOON.CCc1cnc2onc(C(=O)OC)c2n1.CNOOOSCc1c[nH]c(=O)c(C#N)n1.CNOOOSCc1cnc2onc(C(=O)OC)c2n1.N#Cc1nc(Cl)c[nH]c1=O. The van der Waals surface area contributed by atoms with Crippen LogP contribution in [0.3, 0.4) is 0 Å². The van der Waals surface area contributed by atoms with Crippen LogP contribution in [0.5, 0.6) is 0 Å². The van der Waals surface area contributed by atoms with Crippen molar-refractivity contribution in [3.8, 4) is 12.1 Å². The van der Waals surface area contributed by atoms with Crippen LogP contribution in [-0.4, -0.2) is 157 Å². The number of aromatic nitrogens is 16. The first-order valence-corrected chi connectivity index (χ1v) is 34.7. The van der Waals surface area contributed by atoms with Crippen molar-refractivity contribution in [1.29, 1.82) is 10.5 Å². The van der Waals surface area contributed by atoms with Gasteiger partial charge in [0.25, 0.3) is 34.0 Å². The summed E-state index contributed by atoms with van der Waals surface area (Å²) in [5.74, 6) is 8.69. The monoisotopic (exact) mass is 1650 g/mol. The first-order chi connectivity index (χ1) is 52.8. The van der Waals surface area contributed by atoms with E-state index in [1.54, 1.807) is 24.5 Å². The van der Waals surface area contributed by atoms with Gasteiger partial charge in [0.2, 0.25) is 34.2 Å². The number of nitrogens with one attached hydrogen (secondary N) is 4. The molecule has 0 aromatic carbocycles. The minimum absolute atomic E-state index is 0.00144. The maximum atomic E-state index is 11.8. The fourth-order valence-corrected chi connectivity index (χ4v) is 7.68. The number of rotatable bonds is 31. The Morgan fingerprint density at radius 2 is 0.890 bits per heavy atom. The van der Waals surface area contributed by atoms with Crippen LogP contribution in [0.2, 0.25) is 10.3 Å². The van der Waals surface area contributed by atoms with Crippen molar-refractivity contribution in [3.63, 3.8) is 0 Å². The summed E-state index contributed by atoms with van der Waals surface area (Å²) >= 11 is 15.0. The van der Waals surface area contributed by atoms with Gasteiger partial charge in [0.1, 0.15) is 22.4 Å². The van der Waals surface area contributed by atoms with E-state index in [4.69, 9.17) is 61.3 Å². The fourth-order valence-electron chi connectivity index (χ4n) is 6.32. The third kappa shape index (κ3) is 34.1. The lowest BCUT2D eigenvalue weighted by molar-refractivity contribution is -0.484. The van der Waals surface area contributed by atoms with Gasteiger partial charge in [-0.25, -0.2) is 69.0 Å². The standard InChI is InChI=1S/C12H15N3O3.C9H8ClN3O3.C9H10N4O6S.C9H9N3O3.C7H8N4O4S.C5H2ClN3O.2C2H7NO3S/c1-3-5-6-17-12(16)10-9-11(18-15-10)13-7-8(4-2)14-9;1-2-3-15-9(14)7-6-8(16-13-7)11-4-5(10)12-6;1-10-17-18-19-20-4-5-3-11-8-6(12-5)7(13-16-8)9(14)15-2;1-3-5-4-10-8-6(11-5)7(12-15-8)9(13)14-2;1-9-13-14-15-16-4-5-3-10-7(12)6(2-8)11-5;6-4-2-8-5(10)3(1-7)9-4;2*1-2-7-6-5-4-3/h7H,3-6H2,1-2H3;4H,2-3H2,1H3;3,10H,4H2,1-2H3;4H,3H2,1-2H3;3,9H,4H2,1H3,(H,10,12);2H,(H,8,10);2*2-3H2,1H3. The van der Waals surface area contributed by atoms with Gasteiger partial charge in [-0.2, -0.15) is 33.3 Å². The van der Waals surface area contributed by atoms with E-state index in [9.17, 15) is 28.8 Å². The number of nitrogens with two attached hydrogens (primary N) is 2. The minimum atomic E-state index is -0.648. The number of hydrogen-bond donors (Lipinski definition) is 6. The van der Waals surface area contributed by atoms with Crippen LogP contribution in [0.25, 0.3) is 44.9 Å². The average Bonchev–Trinajstić information content (AvgIpc) is 1.70. The van der Waals surface area contributed by atoms with Crippen molar-refractivity contribution in [1.82, 2.24) is 91.4 Å². The molecule has 0 aliphatic heterocycles.